The van der Waals surface area contributed by atoms with Crippen LogP contribution < -0.4 is 9.47 Å². The maximum absolute atomic E-state index is 14.1. The van der Waals surface area contributed by atoms with Crippen LogP contribution in [0.25, 0.3) is 22.6 Å². The molecule has 2 heterocycles. The minimum atomic E-state index is -4.91. The quantitative estimate of drug-likeness (QED) is 0.223. The molecular weight excluding hydrogens is 482 g/mol. The van der Waals surface area contributed by atoms with Gasteiger partial charge in [0.25, 0.3) is 0 Å². The molecule has 1 aliphatic carbocycles. The molecule has 0 aliphatic heterocycles. The van der Waals surface area contributed by atoms with Crippen LogP contribution in [0, 0.1) is 5.82 Å². The van der Waals surface area contributed by atoms with Crippen molar-refractivity contribution in [2.24, 2.45) is 0 Å². The molecule has 36 heavy (non-hydrogen) atoms. The Morgan fingerprint density at radius 1 is 1.00 bits per heavy atom. The van der Waals surface area contributed by atoms with Gasteiger partial charge in [0.05, 0.1) is 18.0 Å². The average Bonchev–Trinajstić information content (AvgIpc) is 3.41. The highest BCUT2D eigenvalue weighted by molar-refractivity contribution is 5.79. The van der Waals surface area contributed by atoms with Gasteiger partial charge in [0.1, 0.15) is 29.5 Å². The number of fused-ring (bicyclic) bond motifs is 4. The number of hydrogen-bond acceptors (Lipinski definition) is 8. The van der Waals surface area contributed by atoms with Crippen molar-refractivity contribution in [1.29, 1.82) is 0 Å². The molecule has 0 atom stereocenters. The molecule has 4 aromatic rings. The second-order valence-corrected chi connectivity index (χ2v) is 8.58. The first-order valence-electron chi connectivity index (χ1n) is 11.1. The molecule has 5 rings (SSSR count). The van der Waals surface area contributed by atoms with Gasteiger partial charge in [-0.15, -0.1) is 0 Å². The summed E-state index contributed by atoms with van der Waals surface area (Å²) in [4.78, 5) is 11.0. The Morgan fingerprint density at radius 2 is 1.78 bits per heavy atom. The SMILES string of the molecule is CN(C)CCCOc1ccc2c(c1COc1cccc(F)c1C(F)(F)F)Cc1nc3nonc3nc1-2. The summed E-state index contributed by atoms with van der Waals surface area (Å²) in [5, 5.41) is 7.46. The standard InChI is InChI=1S/C24H21F4N5O3/c1-33(2)9-4-10-34-18-8-7-13-14(11-17-21(13)30-23-22(29-17)31-36-32-23)15(18)12-35-19-6-3-5-16(25)20(19)24(26,27)28/h3,5-8H,4,9-12H2,1-2H3. The lowest BCUT2D eigenvalue weighted by atomic mass is 10.0. The normalized spacial score (nSPS) is 12.8. The van der Waals surface area contributed by atoms with Gasteiger partial charge < -0.3 is 14.4 Å². The van der Waals surface area contributed by atoms with Crippen molar-refractivity contribution in [3.05, 3.63) is 58.5 Å². The minimum absolute atomic E-state index is 0.248. The topological polar surface area (TPSA) is 86.4 Å². The van der Waals surface area contributed by atoms with E-state index in [1.54, 1.807) is 6.07 Å². The van der Waals surface area contributed by atoms with Gasteiger partial charge in [0, 0.05) is 24.1 Å². The first-order chi connectivity index (χ1) is 17.2. The first kappa shape index (κ1) is 23.9. The number of nitrogens with zero attached hydrogens (tertiary/aromatic N) is 5. The Labute approximate surface area is 202 Å². The van der Waals surface area contributed by atoms with E-state index >= 15 is 0 Å². The van der Waals surface area contributed by atoms with Gasteiger partial charge in [0.2, 0.25) is 11.3 Å². The number of aromatic nitrogens is 4. The fraction of sp³-hybridized carbons (Fsp3) is 0.333. The van der Waals surface area contributed by atoms with Crippen LogP contribution in [-0.4, -0.2) is 52.4 Å². The fourth-order valence-corrected chi connectivity index (χ4v) is 4.18. The molecule has 188 valence electrons. The molecule has 0 saturated heterocycles. The molecule has 1 aliphatic rings. The van der Waals surface area contributed by atoms with E-state index in [2.05, 4.69) is 20.3 Å². The van der Waals surface area contributed by atoms with Crippen LogP contribution in [0.1, 0.15) is 28.8 Å². The molecule has 0 amide bonds. The first-order valence-corrected chi connectivity index (χ1v) is 11.1. The zero-order chi connectivity index (χ0) is 25.4. The van der Waals surface area contributed by atoms with Gasteiger partial charge >= 0.3 is 6.18 Å². The van der Waals surface area contributed by atoms with E-state index in [4.69, 9.17) is 14.1 Å². The highest BCUT2D eigenvalue weighted by Gasteiger charge is 2.38. The van der Waals surface area contributed by atoms with Gasteiger partial charge in [-0.05, 0) is 60.7 Å². The molecule has 0 N–H and O–H groups in total. The van der Waals surface area contributed by atoms with Crippen LogP contribution in [-0.2, 0) is 19.2 Å². The Balaban J connectivity index is 1.50. The number of ether oxygens (including phenoxy) is 2. The van der Waals surface area contributed by atoms with Crippen LogP contribution in [0.15, 0.2) is 35.0 Å². The van der Waals surface area contributed by atoms with Gasteiger partial charge in [-0.1, -0.05) is 6.07 Å². The Hall–Kier alpha value is -3.80. The van der Waals surface area contributed by atoms with Crippen molar-refractivity contribution in [3.8, 4) is 22.8 Å². The van der Waals surface area contributed by atoms with Crippen LogP contribution >= 0.6 is 0 Å². The van der Waals surface area contributed by atoms with Crippen LogP contribution in [0.2, 0.25) is 0 Å². The van der Waals surface area contributed by atoms with E-state index in [9.17, 15) is 17.6 Å². The largest absolute Gasteiger partial charge is 0.493 e. The summed E-state index contributed by atoms with van der Waals surface area (Å²) >= 11 is 0. The summed E-state index contributed by atoms with van der Waals surface area (Å²) in [5.41, 5.74) is 2.29. The molecule has 0 bridgehead atoms. The number of rotatable bonds is 8. The molecule has 2 aromatic carbocycles. The summed E-state index contributed by atoms with van der Waals surface area (Å²) in [6, 6.07) is 6.57. The van der Waals surface area contributed by atoms with E-state index in [1.807, 2.05) is 25.1 Å². The highest BCUT2D eigenvalue weighted by Crippen LogP contribution is 2.42. The molecular formula is C24H21F4N5O3. The van der Waals surface area contributed by atoms with E-state index in [-0.39, 0.29) is 17.9 Å². The number of alkyl halides is 3. The number of hydrogen-bond donors (Lipinski definition) is 0. The van der Waals surface area contributed by atoms with Crippen molar-refractivity contribution >= 4 is 11.3 Å². The molecule has 0 saturated carbocycles. The molecule has 8 nitrogen and oxygen atoms in total. The van der Waals surface area contributed by atoms with Crippen LogP contribution in [0.3, 0.4) is 0 Å². The monoisotopic (exact) mass is 503 g/mol. The lowest BCUT2D eigenvalue weighted by Crippen LogP contribution is -2.16. The average molecular weight is 503 g/mol. The zero-order valence-electron chi connectivity index (χ0n) is 19.4. The summed E-state index contributed by atoms with van der Waals surface area (Å²) in [7, 11) is 3.90. The van der Waals surface area contributed by atoms with Gasteiger partial charge in [0.15, 0.2) is 0 Å². The predicted molar refractivity (Wildman–Crippen MR) is 120 cm³/mol. The lowest BCUT2D eigenvalue weighted by molar-refractivity contribution is -0.141. The van der Waals surface area contributed by atoms with Gasteiger partial charge in [-0.25, -0.2) is 19.0 Å². The minimum Gasteiger partial charge on any atom is -0.493 e. The van der Waals surface area contributed by atoms with Crippen molar-refractivity contribution in [2.45, 2.75) is 25.6 Å². The fourth-order valence-electron chi connectivity index (χ4n) is 4.18. The smallest absolute Gasteiger partial charge is 0.422 e. The number of halogens is 4. The van der Waals surface area contributed by atoms with Crippen LogP contribution in [0.4, 0.5) is 17.6 Å². The molecule has 12 heteroatoms. The maximum Gasteiger partial charge on any atom is 0.422 e. The van der Waals surface area contributed by atoms with Crippen molar-refractivity contribution in [1.82, 2.24) is 25.2 Å². The van der Waals surface area contributed by atoms with Crippen molar-refractivity contribution in [3.63, 3.8) is 0 Å². The van der Waals surface area contributed by atoms with Crippen LogP contribution in [0.5, 0.6) is 11.5 Å². The van der Waals surface area contributed by atoms with E-state index in [0.717, 1.165) is 36.2 Å². The molecule has 0 radical (unpaired) electrons. The molecule has 0 spiro atoms. The molecule has 2 aromatic heterocycles. The number of benzene rings is 2. The maximum atomic E-state index is 14.1. The lowest BCUT2D eigenvalue weighted by Gasteiger charge is -2.19. The predicted octanol–water partition coefficient (Wildman–Crippen LogP) is 4.65. The Morgan fingerprint density at radius 3 is 2.53 bits per heavy atom. The molecule has 0 unspecified atom stereocenters. The second kappa shape index (κ2) is 9.34. The van der Waals surface area contributed by atoms with Gasteiger partial charge in [-0.2, -0.15) is 13.2 Å². The third kappa shape index (κ3) is 4.55. The summed E-state index contributed by atoms with van der Waals surface area (Å²) in [5.74, 6) is -1.53. The summed E-state index contributed by atoms with van der Waals surface area (Å²) in [6.45, 7) is 0.920. The molecule has 0 fully saturated rings. The van der Waals surface area contributed by atoms with Crippen molar-refractivity contribution in [2.75, 3.05) is 27.2 Å². The highest BCUT2D eigenvalue weighted by atomic mass is 19.4. The Kier molecular flexibility index (Phi) is 6.20. The van der Waals surface area contributed by atoms with Gasteiger partial charge in [-0.3, -0.25) is 0 Å². The summed E-state index contributed by atoms with van der Waals surface area (Å²) in [6.07, 6.45) is -3.83. The second-order valence-electron chi connectivity index (χ2n) is 8.58. The Bertz CT molecular complexity index is 1420. The van der Waals surface area contributed by atoms with E-state index < -0.39 is 23.3 Å². The zero-order valence-corrected chi connectivity index (χ0v) is 19.4. The van der Waals surface area contributed by atoms with E-state index in [1.165, 1.54) is 6.07 Å². The summed E-state index contributed by atoms with van der Waals surface area (Å²) < 4.78 is 70.8. The third-order valence-electron chi connectivity index (χ3n) is 5.81. The van der Waals surface area contributed by atoms with Crippen molar-refractivity contribution < 1.29 is 31.7 Å². The third-order valence-corrected chi connectivity index (χ3v) is 5.81. The van der Waals surface area contributed by atoms with E-state index in [0.29, 0.717) is 35.7 Å².